The minimum Gasteiger partial charge on any atom is -0.423 e. The highest BCUT2D eigenvalue weighted by atomic mass is 32.2. The standard InChI is InChI=1S/C23H32BNO5S/c1-22(2,26)23(3,4)30-24(27)20-12-10-18(11-13-20)19-14-16-25(17-15-19)31(28,29)21-8-6-5-7-9-21/h5-13,19,26-27H,14-17H2,1-4H3. The Morgan fingerprint density at radius 3 is 2.03 bits per heavy atom. The number of hydrogen-bond donors (Lipinski definition) is 2. The first kappa shape index (κ1) is 23.9. The van der Waals surface area contributed by atoms with Crippen LogP contribution in [0.5, 0.6) is 0 Å². The lowest BCUT2D eigenvalue weighted by Gasteiger charge is -2.38. The Morgan fingerprint density at radius 2 is 1.52 bits per heavy atom. The van der Waals surface area contributed by atoms with Gasteiger partial charge >= 0.3 is 7.12 Å². The third-order valence-corrected chi connectivity index (χ3v) is 8.32. The third kappa shape index (κ3) is 5.38. The Labute approximate surface area is 186 Å². The van der Waals surface area contributed by atoms with Crippen molar-refractivity contribution in [3.63, 3.8) is 0 Å². The molecule has 1 saturated heterocycles. The largest absolute Gasteiger partial charge is 0.491 e. The van der Waals surface area contributed by atoms with Gasteiger partial charge in [-0.15, -0.1) is 0 Å². The number of nitrogens with zero attached hydrogens (tertiary/aromatic N) is 1. The molecule has 0 atom stereocenters. The minimum absolute atomic E-state index is 0.266. The van der Waals surface area contributed by atoms with Gasteiger partial charge in [0, 0.05) is 13.1 Å². The van der Waals surface area contributed by atoms with Crippen LogP contribution in [0.1, 0.15) is 52.0 Å². The molecule has 6 nitrogen and oxygen atoms in total. The van der Waals surface area contributed by atoms with Gasteiger partial charge < -0.3 is 14.8 Å². The highest BCUT2D eigenvalue weighted by Gasteiger charge is 2.39. The van der Waals surface area contributed by atoms with Crippen molar-refractivity contribution in [1.29, 1.82) is 0 Å². The van der Waals surface area contributed by atoms with Crippen LogP contribution >= 0.6 is 0 Å². The highest BCUT2D eigenvalue weighted by molar-refractivity contribution is 7.89. The molecule has 0 spiro atoms. The Hall–Kier alpha value is -1.71. The number of benzene rings is 2. The van der Waals surface area contributed by atoms with E-state index in [1.165, 1.54) is 0 Å². The van der Waals surface area contributed by atoms with Crippen molar-refractivity contribution < 1.29 is 23.2 Å². The van der Waals surface area contributed by atoms with Crippen LogP contribution in [0.15, 0.2) is 59.5 Å². The summed E-state index contributed by atoms with van der Waals surface area (Å²) < 4.78 is 32.9. The summed E-state index contributed by atoms with van der Waals surface area (Å²) >= 11 is 0. The molecule has 0 amide bonds. The molecule has 2 N–H and O–H groups in total. The van der Waals surface area contributed by atoms with Crippen molar-refractivity contribution in [1.82, 2.24) is 4.31 Å². The molecule has 1 heterocycles. The van der Waals surface area contributed by atoms with E-state index in [4.69, 9.17) is 4.65 Å². The molecular formula is C23H32BNO5S. The number of hydrogen-bond acceptors (Lipinski definition) is 5. The second-order valence-corrected chi connectivity index (χ2v) is 11.1. The van der Waals surface area contributed by atoms with Crippen molar-refractivity contribution >= 4 is 22.6 Å². The SMILES string of the molecule is CC(C)(O)C(C)(C)OB(O)c1ccc(C2CCN(S(=O)(=O)c3ccccc3)CC2)cc1. The van der Waals surface area contributed by atoms with E-state index in [-0.39, 0.29) is 5.92 Å². The maximum Gasteiger partial charge on any atom is 0.491 e. The number of rotatable bonds is 7. The van der Waals surface area contributed by atoms with Gasteiger partial charge in [0.1, 0.15) is 0 Å². The van der Waals surface area contributed by atoms with Gasteiger partial charge in [0.05, 0.1) is 16.1 Å². The van der Waals surface area contributed by atoms with Crippen LogP contribution in [0.25, 0.3) is 0 Å². The van der Waals surface area contributed by atoms with Crippen molar-refractivity contribution in [2.24, 2.45) is 0 Å². The average molecular weight is 445 g/mol. The third-order valence-electron chi connectivity index (χ3n) is 6.41. The zero-order chi connectivity index (χ0) is 22.9. The first-order chi connectivity index (χ1) is 14.4. The van der Waals surface area contributed by atoms with E-state index in [2.05, 4.69) is 0 Å². The Bertz CT molecular complexity index is 963. The molecular weight excluding hydrogens is 413 g/mol. The van der Waals surface area contributed by atoms with E-state index in [1.807, 2.05) is 30.3 Å². The first-order valence-corrected chi connectivity index (χ1v) is 12.1. The summed E-state index contributed by atoms with van der Waals surface area (Å²) in [7, 11) is -4.60. The van der Waals surface area contributed by atoms with Crippen LogP contribution in [-0.2, 0) is 14.7 Å². The molecule has 0 aromatic heterocycles. The Morgan fingerprint density at radius 1 is 0.968 bits per heavy atom. The van der Waals surface area contributed by atoms with Gasteiger partial charge in [-0.05, 0) is 69.6 Å². The Balaban J connectivity index is 1.62. The monoisotopic (exact) mass is 445 g/mol. The molecule has 0 aliphatic carbocycles. The molecule has 0 saturated carbocycles. The summed E-state index contributed by atoms with van der Waals surface area (Å²) in [5, 5.41) is 20.7. The van der Waals surface area contributed by atoms with Gasteiger partial charge in [0.25, 0.3) is 0 Å². The molecule has 0 radical (unpaired) electrons. The quantitative estimate of drug-likeness (QED) is 0.640. The molecule has 0 bridgehead atoms. The topological polar surface area (TPSA) is 87.1 Å². The zero-order valence-corrected chi connectivity index (χ0v) is 19.5. The lowest BCUT2D eigenvalue weighted by atomic mass is 9.75. The van der Waals surface area contributed by atoms with Gasteiger partial charge in [-0.2, -0.15) is 4.31 Å². The second-order valence-electron chi connectivity index (χ2n) is 9.20. The van der Waals surface area contributed by atoms with Gasteiger partial charge in [0.2, 0.25) is 10.0 Å². The molecule has 1 fully saturated rings. The van der Waals surface area contributed by atoms with Crippen LogP contribution < -0.4 is 5.46 Å². The molecule has 0 unspecified atom stereocenters. The van der Waals surface area contributed by atoms with Gasteiger partial charge in [-0.25, -0.2) is 8.42 Å². The fourth-order valence-electron chi connectivity index (χ4n) is 3.60. The van der Waals surface area contributed by atoms with Crippen LogP contribution in [0.3, 0.4) is 0 Å². The first-order valence-electron chi connectivity index (χ1n) is 10.7. The van der Waals surface area contributed by atoms with Crippen molar-refractivity contribution in [3.8, 4) is 0 Å². The summed E-state index contributed by atoms with van der Waals surface area (Å²) in [4.78, 5) is 0.334. The fraction of sp³-hybridized carbons (Fsp3) is 0.478. The van der Waals surface area contributed by atoms with Crippen LogP contribution in [0, 0.1) is 0 Å². The summed E-state index contributed by atoms with van der Waals surface area (Å²) in [6.07, 6.45) is 1.49. The van der Waals surface area contributed by atoms with E-state index >= 15 is 0 Å². The Kier molecular flexibility index (Phi) is 6.98. The number of sulfonamides is 1. The van der Waals surface area contributed by atoms with E-state index in [9.17, 15) is 18.5 Å². The minimum atomic E-state index is -3.45. The summed E-state index contributed by atoms with van der Waals surface area (Å²) in [5.41, 5.74) is -0.302. The summed E-state index contributed by atoms with van der Waals surface area (Å²) in [6, 6.07) is 16.1. The molecule has 8 heteroatoms. The molecule has 2 aromatic rings. The lowest BCUT2D eigenvalue weighted by Crippen LogP contribution is -2.53. The van der Waals surface area contributed by atoms with Gasteiger partial charge in [-0.1, -0.05) is 42.5 Å². The zero-order valence-electron chi connectivity index (χ0n) is 18.7. The fourth-order valence-corrected chi connectivity index (χ4v) is 5.09. The van der Waals surface area contributed by atoms with E-state index < -0.39 is 28.3 Å². The number of aliphatic hydroxyl groups is 1. The van der Waals surface area contributed by atoms with Gasteiger partial charge in [0.15, 0.2) is 0 Å². The van der Waals surface area contributed by atoms with Crippen molar-refractivity contribution in [2.75, 3.05) is 13.1 Å². The molecule has 1 aliphatic heterocycles. The van der Waals surface area contributed by atoms with E-state index in [1.54, 1.807) is 56.3 Å². The average Bonchev–Trinajstić information content (AvgIpc) is 2.73. The summed E-state index contributed by atoms with van der Waals surface area (Å²) in [5.74, 6) is 0.266. The van der Waals surface area contributed by atoms with Crippen molar-refractivity contribution in [2.45, 2.75) is 62.6 Å². The number of piperidine rings is 1. The van der Waals surface area contributed by atoms with Gasteiger partial charge in [-0.3, -0.25) is 0 Å². The molecule has 31 heavy (non-hydrogen) atoms. The normalized spacial score (nSPS) is 17.0. The lowest BCUT2D eigenvalue weighted by molar-refractivity contribution is -0.0982. The maximum atomic E-state index is 12.8. The van der Waals surface area contributed by atoms with Crippen LogP contribution in [0.4, 0.5) is 0 Å². The second kappa shape index (κ2) is 9.04. The predicted molar refractivity (Wildman–Crippen MR) is 123 cm³/mol. The smallest absolute Gasteiger partial charge is 0.423 e. The predicted octanol–water partition coefficient (Wildman–Crippen LogP) is 2.51. The molecule has 3 rings (SSSR count). The molecule has 1 aliphatic rings. The van der Waals surface area contributed by atoms with E-state index in [0.717, 1.165) is 18.4 Å². The van der Waals surface area contributed by atoms with E-state index in [0.29, 0.717) is 23.4 Å². The van der Waals surface area contributed by atoms with Crippen LogP contribution in [0.2, 0.25) is 0 Å². The maximum absolute atomic E-state index is 12.8. The molecule has 2 aromatic carbocycles. The summed E-state index contributed by atoms with van der Waals surface area (Å²) in [6.45, 7) is 7.73. The van der Waals surface area contributed by atoms with Crippen LogP contribution in [-0.4, -0.2) is 54.3 Å². The van der Waals surface area contributed by atoms with Crippen molar-refractivity contribution in [3.05, 3.63) is 60.2 Å². The highest BCUT2D eigenvalue weighted by Crippen LogP contribution is 2.30. The molecule has 168 valence electrons.